The third-order valence-electron chi connectivity index (χ3n) is 3.69. The van der Waals surface area contributed by atoms with Gasteiger partial charge >= 0.3 is 0 Å². The molecule has 0 unspecified atom stereocenters. The number of carbonyl (C=O) groups is 1. The van der Waals surface area contributed by atoms with Crippen LogP contribution in [0, 0.1) is 6.92 Å². The number of hydrogen-bond donors (Lipinski definition) is 1. The second-order valence-electron chi connectivity index (χ2n) is 5.78. The van der Waals surface area contributed by atoms with Gasteiger partial charge in [-0.25, -0.2) is 8.42 Å². The molecule has 1 amide bonds. The standard InChI is InChI=1S/C17H17Cl3N2O3S/c1-10-4-5-13(19)9-16(10)22(26(3,24)25)11(2)17(23)21-15-7-6-12(18)8-14(15)20/h4-9,11H,1-3H3,(H,21,23)/t11-/m0/s1. The Labute approximate surface area is 167 Å². The summed E-state index contributed by atoms with van der Waals surface area (Å²) < 4.78 is 25.8. The van der Waals surface area contributed by atoms with Crippen molar-refractivity contribution in [2.75, 3.05) is 15.9 Å². The van der Waals surface area contributed by atoms with E-state index in [1.54, 1.807) is 31.2 Å². The average Bonchev–Trinajstić information content (AvgIpc) is 2.52. The van der Waals surface area contributed by atoms with Crippen LogP contribution in [-0.4, -0.2) is 26.6 Å². The van der Waals surface area contributed by atoms with Gasteiger partial charge in [0.05, 0.1) is 22.7 Å². The van der Waals surface area contributed by atoms with Crippen LogP contribution in [0.1, 0.15) is 12.5 Å². The van der Waals surface area contributed by atoms with Crippen LogP contribution in [-0.2, 0) is 14.8 Å². The Balaban J connectivity index is 2.39. The van der Waals surface area contributed by atoms with Gasteiger partial charge in [0.1, 0.15) is 6.04 Å². The highest BCUT2D eigenvalue weighted by molar-refractivity contribution is 7.92. The lowest BCUT2D eigenvalue weighted by Gasteiger charge is -2.29. The molecule has 2 aromatic carbocycles. The molecule has 0 aliphatic heterocycles. The molecule has 1 atom stereocenters. The highest BCUT2D eigenvalue weighted by atomic mass is 35.5. The van der Waals surface area contributed by atoms with E-state index in [0.29, 0.717) is 27.0 Å². The van der Waals surface area contributed by atoms with Crippen molar-refractivity contribution in [1.82, 2.24) is 0 Å². The Kier molecular flexibility index (Phi) is 6.45. The Hall–Kier alpha value is -1.47. The predicted molar refractivity (Wildman–Crippen MR) is 108 cm³/mol. The fourth-order valence-electron chi connectivity index (χ4n) is 2.43. The number of hydrogen-bond acceptors (Lipinski definition) is 3. The molecule has 2 aromatic rings. The molecule has 0 radical (unpaired) electrons. The van der Waals surface area contributed by atoms with Gasteiger partial charge in [0.2, 0.25) is 15.9 Å². The van der Waals surface area contributed by atoms with E-state index in [1.165, 1.54) is 19.1 Å². The van der Waals surface area contributed by atoms with Crippen LogP contribution < -0.4 is 9.62 Å². The lowest BCUT2D eigenvalue weighted by molar-refractivity contribution is -0.116. The van der Waals surface area contributed by atoms with Crippen molar-refractivity contribution < 1.29 is 13.2 Å². The number of amides is 1. The first kappa shape index (κ1) is 20.8. The van der Waals surface area contributed by atoms with Gasteiger partial charge in [0.25, 0.3) is 0 Å². The minimum absolute atomic E-state index is 0.253. The number of carbonyl (C=O) groups excluding carboxylic acids is 1. The van der Waals surface area contributed by atoms with Gasteiger partial charge < -0.3 is 5.32 Å². The first-order valence-electron chi connectivity index (χ1n) is 7.52. The van der Waals surface area contributed by atoms with Gasteiger partial charge in [-0.3, -0.25) is 9.10 Å². The monoisotopic (exact) mass is 434 g/mol. The molecule has 0 aliphatic carbocycles. The van der Waals surface area contributed by atoms with E-state index in [1.807, 2.05) is 0 Å². The van der Waals surface area contributed by atoms with Gasteiger partial charge in [0, 0.05) is 10.0 Å². The molecule has 9 heteroatoms. The summed E-state index contributed by atoms with van der Waals surface area (Å²) in [6.07, 6.45) is 1.03. The maximum atomic E-state index is 12.7. The number of aryl methyl sites for hydroxylation is 1. The second-order valence-corrected chi connectivity index (χ2v) is 8.92. The van der Waals surface area contributed by atoms with Crippen molar-refractivity contribution in [1.29, 1.82) is 0 Å². The fourth-order valence-corrected chi connectivity index (χ4v) is 4.28. The zero-order chi connectivity index (χ0) is 19.6. The number of anilines is 2. The summed E-state index contributed by atoms with van der Waals surface area (Å²) in [7, 11) is -3.75. The van der Waals surface area contributed by atoms with Crippen LogP contribution in [0.3, 0.4) is 0 Å². The first-order valence-corrected chi connectivity index (χ1v) is 10.5. The van der Waals surface area contributed by atoms with Crippen LogP contribution >= 0.6 is 34.8 Å². The Morgan fingerprint density at radius 3 is 2.23 bits per heavy atom. The van der Waals surface area contributed by atoms with Crippen LogP contribution in [0.15, 0.2) is 36.4 Å². The van der Waals surface area contributed by atoms with E-state index in [2.05, 4.69) is 5.32 Å². The molecular weight excluding hydrogens is 419 g/mol. The van der Waals surface area contributed by atoms with Crippen LogP contribution in [0.2, 0.25) is 15.1 Å². The van der Waals surface area contributed by atoms with Gasteiger partial charge in [-0.1, -0.05) is 40.9 Å². The number of nitrogens with one attached hydrogen (secondary N) is 1. The molecular formula is C17H17Cl3N2O3S. The number of halogens is 3. The summed E-state index contributed by atoms with van der Waals surface area (Å²) >= 11 is 17.9. The molecule has 0 saturated heterocycles. The van der Waals surface area contributed by atoms with E-state index in [-0.39, 0.29) is 5.02 Å². The zero-order valence-corrected chi connectivity index (χ0v) is 17.3. The maximum Gasteiger partial charge on any atom is 0.248 e. The molecule has 0 saturated carbocycles. The Morgan fingerprint density at radius 1 is 1.08 bits per heavy atom. The molecule has 26 heavy (non-hydrogen) atoms. The van der Waals surface area contributed by atoms with Gasteiger partial charge in [-0.2, -0.15) is 0 Å². The van der Waals surface area contributed by atoms with Crippen molar-refractivity contribution in [3.8, 4) is 0 Å². The first-order chi connectivity index (χ1) is 12.0. The summed E-state index contributed by atoms with van der Waals surface area (Å²) in [5.41, 5.74) is 1.35. The summed E-state index contributed by atoms with van der Waals surface area (Å²) in [5.74, 6) is -0.543. The molecule has 0 spiro atoms. The normalized spacial score (nSPS) is 12.5. The molecule has 0 aliphatic rings. The minimum Gasteiger partial charge on any atom is -0.323 e. The maximum absolute atomic E-state index is 12.7. The number of nitrogens with zero attached hydrogens (tertiary/aromatic N) is 1. The predicted octanol–water partition coefficient (Wildman–Crippen LogP) is 4.75. The molecule has 0 bridgehead atoms. The van der Waals surface area contributed by atoms with Crippen LogP contribution in [0.5, 0.6) is 0 Å². The smallest absolute Gasteiger partial charge is 0.248 e. The summed E-state index contributed by atoms with van der Waals surface area (Å²) in [4.78, 5) is 12.7. The molecule has 1 N–H and O–H groups in total. The van der Waals surface area contributed by atoms with Crippen molar-refractivity contribution >= 4 is 62.1 Å². The topological polar surface area (TPSA) is 66.5 Å². The molecule has 0 fully saturated rings. The Morgan fingerprint density at radius 2 is 1.65 bits per heavy atom. The van der Waals surface area contributed by atoms with Crippen molar-refractivity contribution in [3.05, 3.63) is 57.0 Å². The number of sulfonamides is 1. The van der Waals surface area contributed by atoms with E-state index < -0.39 is 22.0 Å². The van der Waals surface area contributed by atoms with Gasteiger partial charge in [0.15, 0.2) is 0 Å². The third kappa shape index (κ3) is 4.82. The highest BCUT2D eigenvalue weighted by Crippen LogP contribution is 2.30. The minimum atomic E-state index is -3.75. The largest absolute Gasteiger partial charge is 0.323 e. The molecule has 5 nitrogen and oxygen atoms in total. The van der Waals surface area contributed by atoms with Crippen molar-refractivity contribution in [2.45, 2.75) is 19.9 Å². The summed E-state index contributed by atoms with van der Waals surface area (Å²) in [6.45, 7) is 3.23. The third-order valence-corrected chi connectivity index (χ3v) is 5.70. The molecule has 0 heterocycles. The lowest BCUT2D eigenvalue weighted by atomic mass is 10.1. The second kappa shape index (κ2) is 8.05. The molecule has 2 rings (SSSR count). The summed E-state index contributed by atoms with van der Waals surface area (Å²) in [5, 5.41) is 3.67. The van der Waals surface area contributed by atoms with Crippen LogP contribution in [0.4, 0.5) is 11.4 Å². The van der Waals surface area contributed by atoms with E-state index in [4.69, 9.17) is 34.8 Å². The zero-order valence-electron chi connectivity index (χ0n) is 14.3. The highest BCUT2D eigenvalue weighted by Gasteiger charge is 2.30. The lowest BCUT2D eigenvalue weighted by Crippen LogP contribution is -2.45. The van der Waals surface area contributed by atoms with Crippen molar-refractivity contribution in [3.63, 3.8) is 0 Å². The molecule has 0 aromatic heterocycles. The van der Waals surface area contributed by atoms with E-state index in [0.717, 1.165) is 10.6 Å². The van der Waals surface area contributed by atoms with Gasteiger partial charge in [-0.15, -0.1) is 0 Å². The SMILES string of the molecule is Cc1ccc(Cl)cc1N([C@@H](C)C(=O)Nc1ccc(Cl)cc1Cl)S(C)(=O)=O. The fraction of sp³-hybridized carbons (Fsp3) is 0.235. The number of rotatable bonds is 5. The summed E-state index contributed by atoms with van der Waals surface area (Å²) in [6, 6.07) is 8.42. The Bertz CT molecular complexity index is 948. The van der Waals surface area contributed by atoms with E-state index in [9.17, 15) is 13.2 Å². The van der Waals surface area contributed by atoms with Crippen molar-refractivity contribution in [2.24, 2.45) is 0 Å². The molecule has 140 valence electrons. The quantitative estimate of drug-likeness (QED) is 0.737. The van der Waals surface area contributed by atoms with E-state index >= 15 is 0 Å². The average molecular weight is 436 g/mol. The van der Waals surface area contributed by atoms with Gasteiger partial charge in [-0.05, 0) is 49.7 Å². The number of benzene rings is 2. The van der Waals surface area contributed by atoms with Crippen LogP contribution in [0.25, 0.3) is 0 Å².